The molecule has 0 saturated carbocycles. The molecule has 28 heavy (non-hydrogen) atoms. The number of rotatable bonds is 7. The average molecular weight is 378 g/mol. The topological polar surface area (TPSA) is 50.7 Å². The van der Waals surface area contributed by atoms with Gasteiger partial charge in [0.25, 0.3) is 0 Å². The number of benzene rings is 2. The number of aromatic nitrogens is 2. The lowest BCUT2D eigenvalue weighted by Gasteiger charge is -2.35. The van der Waals surface area contributed by atoms with E-state index < -0.39 is 0 Å². The molecule has 2 heterocycles. The van der Waals surface area contributed by atoms with Crippen molar-refractivity contribution in [3.63, 3.8) is 0 Å². The van der Waals surface area contributed by atoms with Crippen molar-refractivity contribution in [3.05, 3.63) is 54.9 Å². The third kappa shape index (κ3) is 4.34. The van der Waals surface area contributed by atoms with E-state index in [1.807, 2.05) is 42.5 Å². The summed E-state index contributed by atoms with van der Waals surface area (Å²) in [6.07, 6.45) is 2.68. The number of hydrogen-bond acceptors (Lipinski definition) is 6. The Labute approximate surface area is 165 Å². The molecule has 0 amide bonds. The van der Waals surface area contributed by atoms with Gasteiger partial charge in [-0.3, -0.25) is 4.90 Å². The van der Waals surface area contributed by atoms with E-state index in [-0.39, 0.29) is 0 Å². The van der Waals surface area contributed by atoms with Crippen molar-refractivity contribution in [2.24, 2.45) is 0 Å². The van der Waals surface area contributed by atoms with Crippen LogP contribution in [0.15, 0.2) is 54.9 Å². The molecule has 2 aromatic carbocycles. The van der Waals surface area contributed by atoms with Crippen LogP contribution in [0.5, 0.6) is 11.5 Å². The van der Waals surface area contributed by atoms with Crippen LogP contribution in [0.25, 0.3) is 10.9 Å². The molecule has 1 aliphatic rings. The van der Waals surface area contributed by atoms with Crippen LogP contribution in [0.1, 0.15) is 6.42 Å². The fourth-order valence-electron chi connectivity index (χ4n) is 3.58. The normalized spacial score (nSPS) is 15.0. The van der Waals surface area contributed by atoms with Crippen molar-refractivity contribution >= 4 is 16.7 Å². The highest BCUT2D eigenvalue weighted by Crippen LogP contribution is 2.23. The smallest absolute Gasteiger partial charge is 0.139 e. The monoisotopic (exact) mass is 378 g/mol. The van der Waals surface area contributed by atoms with Gasteiger partial charge in [0.2, 0.25) is 0 Å². The van der Waals surface area contributed by atoms with Gasteiger partial charge in [0.05, 0.1) is 19.2 Å². The van der Waals surface area contributed by atoms with E-state index in [9.17, 15) is 0 Å². The Kier molecular flexibility index (Phi) is 5.87. The number of ether oxygens (including phenoxy) is 2. The van der Waals surface area contributed by atoms with Crippen LogP contribution in [0, 0.1) is 0 Å². The summed E-state index contributed by atoms with van der Waals surface area (Å²) in [5.74, 6) is 2.79. The predicted molar refractivity (Wildman–Crippen MR) is 111 cm³/mol. The lowest BCUT2D eigenvalue weighted by atomic mass is 10.2. The Balaban J connectivity index is 1.23. The summed E-state index contributed by atoms with van der Waals surface area (Å²) in [7, 11) is 1.67. The zero-order valence-electron chi connectivity index (χ0n) is 16.3. The van der Waals surface area contributed by atoms with Gasteiger partial charge >= 0.3 is 0 Å². The van der Waals surface area contributed by atoms with Crippen LogP contribution in [-0.2, 0) is 0 Å². The molecule has 0 radical (unpaired) electrons. The Bertz CT molecular complexity index is 887. The quantitative estimate of drug-likeness (QED) is 0.589. The van der Waals surface area contributed by atoms with E-state index in [0.717, 1.165) is 74.0 Å². The lowest BCUT2D eigenvalue weighted by Crippen LogP contribution is -2.47. The maximum absolute atomic E-state index is 5.83. The molecule has 0 aliphatic carbocycles. The maximum Gasteiger partial charge on any atom is 0.139 e. The van der Waals surface area contributed by atoms with Gasteiger partial charge in [-0.15, -0.1) is 0 Å². The van der Waals surface area contributed by atoms with Crippen LogP contribution in [-0.4, -0.2) is 61.3 Å². The van der Waals surface area contributed by atoms with Gasteiger partial charge < -0.3 is 14.4 Å². The minimum atomic E-state index is 0.725. The Hall–Kier alpha value is -2.86. The zero-order chi connectivity index (χ0) is 19.2. The van der Waals surface area contributed by atoms with Crippen LogP contribution in [0.4, 0.5) is 5.82 Å². The molecule has 1 aromatic heterocycles. The molecular formula is C22H26N4O2. The molecule has 3 aromatic rings. The Morgan fingerprint density at radius 1 is 0.893 bits per heavy atom. The van der Waals surface area contributed by atoms with E-state index in [4.69, 9.17) is 9.47 Å². The largest absolute Gasteiger partial charge is 0.497 e. The molecule has 0 bridgehead atoms. The number of anilines is 1. The van der Waals surface area contributed by atoms with E-state index in [1.54, 1.807) is 13.4 Å². The fraction of sp³-hybridized carbons (Fsp3) is 0.364. The van der Waals surface area contributed by atoms with Crippen LogP contribution < -0.4 is 14.4 Å². The van der Waals surface area contributed by atoms with E-state index >= 15 is 0 Å². The molecule has 4 rings (SSSR count). The molecule has 0 spiro atoms. The van der Waals surface area contributed by atoms with Gasteiger partial charge in [0, 0.05) is 38.1 Å². The molecule has 0 N–H and O–H groups in total. The number of hydrogen-bond donors (Lipinski definition) is 0. The second kappa shape index (κ2) is 8.89. The van der Waals surface area contributed by atoms with Crippen molar-refractivity contribution < 1.29 is 9.47 Å². The van der Waals surface area contributed by atoms with E-state index in [2.05, 4.69) is 25.8 Å². The minimum absolute atomic E-state index is 0.725. The summed E-state index contributed by atoms with van der Waals surface area (Å²) in [5, 5.41) is 1.13. The molecular weight excluding hydrogens is 352 g/mol. The second-order valence-electron chi connectivity index (χ2n) is 6.92. The first-order valence-corrected chi connectivity index (χ1v) is 9.77. The molecule has 6 heteroatoms. The van der Waals surface area contributed by atoms with Crippen molar-refractivity contribution in [2.45, 2.75) is 6.42 Å². The third-order valence-electron chi connectivity index (χ3n) is 5.14. The predicted octanol–water partition coefficient (Wildman–Crippen LogP) is 3.23. The Morgan fingerprint density at radius 3 is 2.43 bits per heavy atom. The molecule has 1 saturated heterocycles. The second-order valence-corrected chi connectivity index (χ2v) is 6.92. The highest BCUT2D eigenvalue weighted by Gasteiger charge is 2.19. The first kappa shape index (κ1) is 18.5. The lowest BCUT2D eigenvalue weighted by molar-refractivity contribution is 0.224. The summed E-state index contributed by atoms with van der Waals surface area (Å²) in [6, 6.07) is 16.0. The Morgan fingerprint density at radius 2 is 1.64 bits per heavy atom. The highest BCUT2D eigenvalue weighted by atomic mass is 16.5. The summed E-state index contributed by atoms with van der Waals surface area (Å²) < 4.78 is 11.0. The van der Waals surface area contributed by atoms with Gasteiger partial charge in [0.1, 0.15) is 23.6 Å². The number of methoxy groups -OCH3 is 1. The maximum atomic E-state index is 5.83. The SMILES string of the molecule is COc1ccc(OCCCN2CCN(c3ncnc4ccccc34)CC2)cc1. The van der Waals surface area contributed by atoms with Gasteiger partial charge in [0.15, 0.2) is 0 Å². The number of piperazine rings is 1. The summed E-state index contributed by atoms with van der Waals surface area (Å²) in [4.78, 5) is 13.8. The number of fused-ring (bicyclic) bond motifs is 1. The molecule has 0 atom stereocenters. The van der Waals surface area contributed by atoms with E-state index in [1.165, 1.54) is 0 Å². The standard InChI is InChI=1S/C22H26N4O2/c1-27-18-7-9-19(10-8-18)28-16-4-11-25-12-14-26(15-13-25)22-20-5-2-3-6-21(20)23-17-24-22/h2-3,5-10,17H,4,11-16H2,1H3. The molecule has 146 valence electrons. The summed E-state index contributed by atoms with van der Waals surface area (Å²) >= 11 is 0. The summed E-state index contributed by atoms with van der Waals surface area (Å²) in [5.41, 5.74) is 1.01. The number of para-hydroxylation sites is 1. The van der Waals surface area contributed by atoms with Crippen LogP contribution in [0.3, 0.4) is 0 Å². The molecule has 1 aliphatic heterocycles. The van der Waals surface area contributed by atoms with Crippen molar-refractivity contribution in [2.75, 3.05) is 51.3 Å². The van der Waals surface area contributed by atoms with Gasteiger partial charge in [-0.2, -0.15) is 0 Å². The zero-order valence-corrected chi connectivity index (χ0v) is 16.3. The van der Waals surface area contributed by atoms with Crippen LogP contribution in [0.2, 0.25) is 0 Å². The van der Waals surface area contributed by atoms with Gasteiger partial charge in [-0.05, 0) is 42.8 Å². The molecule has 1 fully saturated rings. The molecule has 6 nitrogen and oxygen atoms in total. The minimum Gasteiger partial charge on any atom is -0.497 e. The average Bonchev–Trinajstić information content (AvgIpc) is 2.77. The van der Waals surface area contributed by atoms with Gasteiger partial charge in [-0.25, -0.2) is 9.97 Å². The van der Waals surface area contributed by atoms with Gasteiger partial charge in [-0.1, -0.05) is 12.1 Å². The van der Waals surface area contributed by atoms with E-state index in [0.29, 0.717) is 0 Å². The highest BCUT2D eigenvalue weighted by molar-refractivity contribution is 5.89. The van der Waals surface area contributed by atoms with Crippen molar-refractivity contribution in [1.29, 1.82) is 0 Å². The first-order chi connectivity index (χ1) is 13.8. The summed E-state index contributed by atoms with van der Waals surface area (Å²) in [6.45, 7) is 5.83. The number of nitrogens with zero attached hydrogens (tertiary/aromatic N) is 4. The van der Waals surface area contributed by atoms with Crippen molar-refractivity contribution in [3.8, 4) is 11.5 Å². The van der Waals surface area contributed by atoms with Crippen LogP contribution >= 0.6 is 0 Å². The third-order valence-corrected chi connectivity index (χ3v) is 5.14. The molecule has 0 unspecified atom stereocenters. The first-order valence-electron chi connectivity index (χ1n) is 9.77. The van der Waals surface area contributed by atoms with Crippen molar-refractivity contribution in [1.82, 2.24) is 14.9 Å². The fourth-order valence-corrected chi connectivity index (χ4v) is 3.58.